The Hall–Kier alpha value is -1.20. The van der Waals surface area contributed by atoms with Crippen LogP contribution >= 0.6 is 23.2 Å². The van der Waals surface area contributed by atoms with Gasteiger partial charge >= 0.3 is 0 Å². The van der Waals surface area contributed by atoms with Crippen molar-refractivity contribution in [3.63, 3.8) is 0 Å². The minimum Gasteiger partial charge on any atom is -0.381 e. The van der Waals surface area contributed by atoms with Crippen molar-refractivity contribution in [3.05, 3.63) is 58.1 Å². The van der Waals surface area contributed by atoms with Crippen LogP contribution in [0.5, 0.6) is 0 Å². The molecule has 1 aromatic carbocycles. The molecule has 0 bridgehead atoms. The zero-order valence-corrected chi connectivity index (χ0v) is 12.6. The van der Waals surface area contributed by atoms with Gasteiger partial charge in [0.2, 0.25) is 0 Å². The van der Waals surface area contributed by atoms with E-state index in [2.05, 4.69) is 9.97 Å². The van der Waals surface area contributed by atoms with Gasteiger partial charge in [-0.1, -0.05) is 29.3 Å². The van der Waals surface area contributed by atoms with Gasteiger partial charge in [0.25, 0.3) is 0 Å². The predicted octanol–water partition coefficient (Wildman–Crippen LogP) is 3.38. The molecule has 6 heteroatoms. The zero-order chi connectivity index (χ0) is 14.8. The van der Waals surface area contributed by atoms with Crippen LogP contribution in [0.15, 0.2) is 36.8 Å². The highest BCUT2D eigenvalue weighted by molar-refractivity contribution is 6.35. The third-order valence-corrected chi connectivity index (χ3v) is 3.64. The van der Waals surface area contributed by atoms with Crippen molar-refractivity contribution in [1.29, 1.82) is 0 Å². The molecule has 2 unspecified atom stereocenters. The first-order valence-electron chi connectivity index (χ1n) is 5.93. The van der Waals surface area contributed by atoms with Crippen molar-refractivity contribution >= 4 is 23.2 Å². The van der Waals surface area contributed by atoms with E-state index in [1.54, 1.807) is 25.1 Å². The lowest BCUT2D eigenvalue weighted by Gasteiger charge is -2.31. The molecule has 4 nitrogen and oxygen atoms in total. The summed E-state index contributed by atoms with van der Waals surface area (Å²) in [6.07, 6.45) is 3.86. The van der Waals surface area contributed by atoms with E-state index in [-0.39, 0.29) is 0 Å². The van der Waals surface area contributed by atoms with Gasteiger partial charge in [0.15, 0.2) is 0 Å². The maximum Gasteiger partial charge on any atom is 0.135 e. The summed E-state index contributed by atoms with van der Waals surface area (Å²) < 4.78 is 5.43. The monoisotopic (exact) mass is 312 g/mol. The van der Waals surface area contributed by atoms with Crippen LogP contribution in [0.1, 0.15) is 24.3 Å². The minimum absolute atomic E-state index is 0.401. The highest BCUT2D eigenvalue weighted by Crippen LogP contribution is 2.39. The van der Waals surface area contributed by atoms with Gasteiger partial charge in [0, 0.05) is 35.1 Å². The van der Waals surface area contributed by atoms with Gasteiger partial charge in [0.05, 0.1) is 11.9 Å². The number of hydrogen-bond acceptors (Lipinski definition) is 4. The summed E-state index contributed by atoms with van der Waals surface area (Å²) in [7, 11) is 1.50. The third kappa shape index (κ3) is 2.94. The summed E-state index contributed by atoms with van der Waals surface area (Å²) in [5, 5.41) is 11.7. The summed E-state index contributed by atoms with van der Waals surface area (Å²) in [6.45, 7) is 1.61. The summed E-state index contributed by atoms with van der Waals surface area (Å²) >= 11 is 12.1. The minimum atomic E-state index is -1.37. The van der Waals surface area contributed by atoms with Crippen molar-refractivity contribution in [2.24, 2.45) is 0 Å². The first-order chi connectivity index (χ1) is 9.46. The molecule has 20 heavy (non-hydrogen) atoms. The van der Waals surface area contributed by atoms with Crippen molar-refractivity contribution in [2.75, 3.05) is 7.11 Å². The Morgan fingerprint density at radius 3 is 2.60 bits per heavy atom. The lowest BCUT2D eigenvalue weighted by atomic mass is 9.90. The quantitative estimate of drug-likeness (QED) is 0.940. The van der Waals surface area contributed by atoms with Gasteiger partial charge in [-0.2, -0.15) is 0 Å². The zero-order valence-electron chi connectivity index (χ0n) is 11.0. The largest absolute Gasteiger partial charge is 0.381 e. The summed E-state index contributed by atoms with van der Waals surface area (Å²) in [5.74, 6) is 0. The van der Waals surface area contributed by atoms with Crippen LogP contribution in [0, 0.1) is 0 Å². The molecule has 0 saturated carbocycles. The van der Waals surface area contributed by atoms with E-state index < -0.39 is 11.7 Å². The van der Waals surface area contributed by atoms with Crippen molar-refractivity contribution in [3.8, 4) is 0 Å². The number of aliphatic hydroxyl groups is 1. The highest BCUT2D eigenvalue weighted by atomic mass is 35.5. The van der Waals surface area contributed by atoms with Crippen molar-refractivity contribution in [2.45, 2.75) is 18.6 Å². The van der Waals surface area contributed by atoms with Crippen LogP contribution in [-0.4, -0.2) is 22.2 Å². The van der Waals surface area contributed by atoms with Crippen LogP contribution in [-0.2, 0) is 10.3 Å². The van der Waals surface area contributed by atoms with Gasteiger partial charge in [-0.3, -0.25) is 9.97 Å². The van der Waals surface area contributed by atoms with Crippen molar-refractivity contribution < 1.29 is 9.84 Å². The average molecular weight is 313 g/mol. The molecule has 0 radical (unpaired) electrons. The van der Waals surface area contributed by atoms with E-state index in [0.717, 1.165) is 0 Å². The maximum absolute atomic E-state index is 10.8. The number of aromatic nitrogens is 2. The molecular formula is C14H14Cl2N2O2. The lowest BCUT2D eigenvalue weighted by molar-refractivity contribution is -0.0923. The molecule has 0 aliphatic heterocycles. The third-order valence-electron chi connectivity index (χ3n) is 3.07. The molecule has 0 amide bonds. The van der Waals surface area contributed by atoms with E-state index in [9.17, 15) is 5.11 Å². The topological polar surface area (TPSA) is 55.2 Å². The number of halogens is 2. The Morgan fingerprint density at radius 1 is 1.30 bits per heavy atom. The van der Waals surface area contributed by atoms with Gasteiger partial charge < -0.3 is 9.84 Å². The second-order valence-electron chi connectivity index (χ2n) is 4.52. The highest BCUT2D eigenvalue weighted by Gasteiger charge is 2.37. The Balaban J connectivity index is 2.46. The summed E-state index contributed by atoms with van der Waals surface area (Å²) in [5.41, 5.74) is -0.340. The van der Waals surface area contributed by atoms with Crippen LogP contribution in [0.3, 0.4) is 0 Å². The first kappa shape index (κ1) is 15.2. The van der Waals surface area contributed by atoms with Crippen molar-refractivity contribution in [1.82, 2.24) is 9.97 Å². The van der Waals surface area contributed by atoms with Gasteiger partial charge in [0.1, 0.15) is 11.7 Å². The van der Waals surface area contributed by atoms with Gasteiger partial charge in [-0.15, -0.1) is 0 Å². The molecule has 1 aromatic heterocycles. The van der Waals surface area contributed by atoms with Gasteiger partial charge in [-0.25, -0.2) is 0 Å². The smallest absolute Gasteiger partial charge is 0.135 e. The number of benzene rings is 1. The fourth-order valence-corrected chi connectivity index (χ4v) is 2.58. The number of nitrogens with zero attached hydrogens (tertiary/aromatic N) is 2. The molecule has 0 fully saturated rings. The second-order valence-corrected chi connectivity index (χ2v) is 5.36. The molecule has 2 aromatic rings. The molecule has 1 N–H and O–H groups in total. The lowest BCUT2D eigenvalue weighted by Crippen LogP contribution is -2.32. The maximum atomic E-state index is 10.8. The van der Waals surface area contributed by atoms with Crippen LogP contribution in [0.2, 0.25) is 10.0 Å². The van der Waals surface area contributed by atoms with Crippen LogP contribution < -0.4 is 0 Å². The van der Waals surface area contributed by atoms with E-state index in [1.165, 1.54) is 25.7 Å². The van der Waals surface area contributed by atoms with E-state index >= 15 is 0 Å². The van der Waals surface area contributed by atoms with Crippen LogP contribution in [0.25, 0.3) is 0 Å². The molecule has 1 heterocycles. The average Bonchev–Trinajstić information content (AvgIpc) is 2.43. The molecule has 0 saturated heterocycles. The Morgan fingerprint density at radius 2 is 2.05 bits per heavy atom. The molecule has 0 aliphatic carbocycles. The molecule has 2 atom stereocenters. The fraction of sp³-hybridized carbons (Fsp3) is 0.286. The van der Waals surface area contributed by atoms with Gasteiger partial charge in [-0.05, 0) is 19.1 Å². The molecule has 106 valence electrons. The first-order valence-corrected chi connectivity index (χ1v) is 6.69. The molecular weight excluding hydrogens is 299 g/mol. The SMILES string of the molecule is COC(c1ccc(Cl)cc1Cl)C(C)(O)c1cnccn1. The van der Waals surface area contributed by atoms with Crippen LogP contribution in [0.4, 0.5) is 0 Å². The van der Waals surface area contributed by atoms with E-state index in [0.29, 0.717) is 21.3 Å². The molecule has 0 aliphatic rings. The summed E-state index contributed by atoms with van der Waals surface area (Å²) in [4.78, 5) is 8.10. The fourth-order valence-electron chi connectivity index (χ4n) is 2.07. The molecule has 0 spiro atoms. The number of hydrogen-bond donors (Lipinski definition) is 1. The normalized spacial score (nSPS) is 15.7. The van der Waals surface area contributed by atoms with E-state index in [4.69, 9.17) is 27.9 Å². The number of rotatable bonds is 4. The summed E-state index contributed by atoms with van der Waals surface area (Å²) in [6, 6.07) is 5.03. The second kappa shape index (κ2) is 6.06. The number of methoxy groups -OCH3 is 1. The van der Waals surface area contributed by atoms with E-state index in [1.807, 2.05) is 0 Å². The predicted molar refractivity (Wildman–Crippen MR) is 77.8 cm³/mol. The molecule has 2 rings (SSSR count). The standard InChI is InChI=1S/C14H14Cl2N2O2/c1-14(19,12-8-17-5-6-18-12)13(20-2)10-4-3-9(15)7-11(10)16/h3-8,13,19H,1-2H3. The Bertz CT molecular complexity index is 591. The number of ether oxygens (including phenoxy) is 1. The Kier molecular flexibility index (Phi) is 4.60. The Labute approximate surface area is 127 Å².